The largest absolute Gasteiger partial charge is 0.366 e. The lowest BCUT2D eigenvalue weighted by Crippen LogP contribution is -2.13. The minimum Gasteiger partial charge on any atom is -0.366 e. The van der Waals surface area contributed by atoms with Crippen LogP contribution in [0.5, 0.6) is 0 Å². The van der Waals surface area contributed by atoms with E-state index in [-0.39, 0.29) is 0 Å². The van der Waals surface area contributed by atoms with E-state index in [0.717, 1.165) is 0 Å². The third-order valence-electron chi connectivity index (χ3n) is 1.99. The Hall–Kier alpha value is -2.28. The van der Waals surface area contributed by atoms with Crippen LogP contribution >= 0.6 is 0 Å². The fourth-order valence-electron chi connectivity index (χ4n) is 1.35. The summed E-state index contributed by atoms with van der Waals surface area (Å²) in [5.41, 5.74) is 6.73. The van der Waals surface area contributed by atoms with Crippen molar-refractivity contribution >= 4 is 11.4 Å². The monoisotopic (exact) mass is 185 g/mol. The molecule has 0 aliphatic rings. The van der Waals surface area contributed by atoms with Gasteiger partial charge >= 0.3 is 0 Å². The summed E-state index contributed by atoms with van der Waals surface area (Å²) in [5, 5.41) is 4.00. The molecule has 4 heteroatoms. The zero-order valence-electron chi connectivity index (χ0n) is 7.27. The van der Waals surface area contributed by atoms with Crippen LogP contribution in [0.3, 0.4) is 0 Å². The average Bonchev–Trinajstić information content (AvgIpc) is 2.63. The number of amides is 1. The second-order valence-electron chi connectivity index (χ2n) is 2.77. The number of primary amides is 1. The van der Waals surface area contributed by atoms with E-state index >= 15 is 0 Å². The normalized spacial score (nSPS) is 9.93. The lowest BCUT2D eigenvalue weighted by molar-refractivity contribution is 0.1000. The quantitative estimate of drug-likeness (QED) is 0.654. The first-order valence-corrected chi connectivity index (χ1v) is 3.97. The van der Waals surface area contributed by atoms with Crippen molar-refractivity contribution in [2.24, 2.45) is 5.73 Å². The van der Waals surface area contributed by atoms with E-state index in [2.05, 4.69) is 11.0 Å². The standard InChI is InChI=1S/C10H7N3O/c1-2-7-8(10(11)14)4-6-13-9(7)3-5-12-13/h1,3-6H,(H2,11,14). The van der Waals surface area contributed by atoms with Crippen LogP contribution in [-0.4, -0.2) is 15.5 Å². The first-order valence-electron chi connectivity index (χ1n) is 3.97. The fraction of sp³-hybridized carbons (Fsp3) is 0. The molecule has 2 aromatic heterocycles. The molecule has 0 aromatic carbocycles. The van der Waals surface area contributed by atoms with Crippen LogP contribution in [0.4, 0.5) is 0 Å². The topological polar surface area (TPSA) is 60.4 Å². The maximum absolute atomic E-state index is 11.0. The maximum Gasteiger partial charge on any atom is 0.250 e. The van der Waals surface area contributed by atoms with Crippen LogP contribution in [-0.2, 0) is 0 Å². The number of hydrogen-bond acceptors (Lipinski definition) is 2. The summed E-state index contributed by atoms with van der Waals surface area (Å²) < 4.78 is 1.60. The van der Waals surface area contributed by atoms with E-state index in [1.807, 2.05) is 0 Å². The van der Waals surface area contributed by atoms with Gasteiger partial charge in [-0.25, -0.2) is 4.52 Å². The van der Waals surface area contributed by atoms with Crippen molar-refractivity contribution in [3.05, 3.63) is 35.7 Å². The van der Waals surface area contributed by atoms with Crippen molar-refractivity contribution in [2.75, 3.05) is 0 Å². The highest BCUT2D eigenvalue weighted by atomic mass is 16.1. The lowest BCUT2D eigenvalue weighted by Gasteiger charge is -2.01. The fourth-order valence-corrected chi connectivity index (χ4v) is 1.35. The Labute approximate surface area is 80.3 Å². The molecule has 0 unspecified atom stereocenters. The summed E-state index contributed by atoms with van der Waals surface area (Å²) in [7, 11) is 0. The van der Waals surface area contributed by atoms with Crippen molar-refractivity contribution in [2.45, 2.75) is 0 Å². The number of nitrogens with two attached hydrogens (primary N) is 1. The third-order valence-corrected chi connectivity index (χ3v) is 1.99. The molecule has 0 bridgehead atoms. The molecule has 0 saturated carbocycles. The number of carbonyl (C=O) groups excluding carboxylic acids is 1. The van der Waals surface area contributed by atoms with E-state index in [1.165, 1.54) is 0 Å². The molecule has 0 aliphatic heterocycles. The second kappa shape index (κ2) is 2.89. The summed E-state index contributed by atoms with van der Waals surface area (Å²) in [4.78, 5) is 11.0. The molecule has 2 rings (SSSR count). The first kappa shape index (κ1) is 8.32. The van der Waals surface area contributed by atoms with Crippen molar-refractivity contribution in [1.29, 1.82) is 0 Å². The number of nitrogens with zero attached hydrogens (tertiary/aromatic N) is 2. The summed E-state index contributed by atoms with van der Waals surface area (Å²) in [6.45, 7) is 0. The van der Waals surface area contributed by atoms with E-state index in [0.29, 0.717) is 16.6 Å². The number of terminal acetylenes is 1. The molecule has 2 N–H and O–H groups in total. The van der Waals surface area contributed by atoms with Gasteiger partial charge in [-0.2, -0.15) is 5.10 Å². The van der Waals surface area contributed by atoms with Gasteiger partial charge in [-0.15, -0.1) is 6.42 Å². The lowest BCUT2D eigenvalue weighted by atomic mass is 10.1. The zero-order valence-corrected chi connectivity index (χ0v) is 7.27. The Balaban J connectivity index is 2.87. The second-order valence-corrected chi connectivity index (χ2v) is 2.77. The molecule has 2 aromatic rings. The van der Waals surface area contributed by atoms with E-state index in [9.17, 15) is 4.79 Å². The molecule has 0 spiro atoms. The average molecular weight is 185 g/mol. The highest BCUT2D eigenvalue weighted by Gasteiger charge is 2.10. The zero-order chi connectivity index (χ0) is 10.1. The summed E-state index contributed by atoms with van der Waals surface area (Å²) in [6, 6.07) is 3.30. The van der Waals surface area contributed by atoms with Crippen molar-refractivity contribution < 1.29 is 4.79 Å². The van der Waals surface area contributed by atoms with Crippen LogP contribution < -0.4 is 5.73 Å². The molecule has 0 radical (unpaired) electrons. The molecule has 0 atom stereocenters. The maximum atomic E-state index is 11.0. The van der Waals surface area contributed by atoms with Crippen LogP contribution in [0.2, 0.25) is 0 Å². The smallest absolute Gasteiger partial charge is 0.250 e. The predicted molar refractivity (Wildman–Crippen MR) is 51.6 cm³/mol. The van der Waals surface area contributed by atoms with Gasteiger partial charge in [0.1, 0.15) is 0 Å². The minimum absolute atomic E-state index is 0.348. The van der Waals surface area contributed by atoms with E-state index in [1.54, 1.807) is 29.0 Å². The molecule has 14 heavy (non-hydrogen) atoms. The number of rotatable bonds is 1. The van der Waals surface area contributed by atoms with Gasteiger partial charge in [0, 0.05) is 6.20 Å². The van der Waals surface area contributed by atoms with Gasteiger partial charge in [0.05, 0.1) is 22.8 Å². The molecular weight excluding hydrogens is 178 g/mol. The first-order chi connectivity index (χ1) is 6.74. The Morgan fingerprint density at radius 2 is 2.36 bits per heavy atom. The molecule has 0 fully saturated rings. The van der Waals surface area contributed by atoms with Gasteiger partial charge in [-0.3, -0.25) is 4.79 Å². The van der Waals surface area contributed by atoms with Gasteiger partial charge in [0.2, 0.25) is 5.91 Å². The SMILES string of the molecule is C#Cc1c(C(N)=O)ccn2nccc12. The molecule has 68 valence electrons. The van der Waals surface area contributed by atoms with Gasteiger partial charge in [-0.1, -0.05) is 5.92 Å². The molecule has 2 heterocycles. The predicted octanol–water partition coefficient (Wildman–Crippen LogP) is 0.414. The van der Waals surface area contributed by atoms with Gasteiger partial charge in [0.25, 0.3) is 0 Å². The number of carbonyl (C=O) groups is 1. The molecular formula is C10H7N3O. The number of pyridine rings is 1. The van der Waals surface area contributed by atoms with Crippen molar-refractivity contribution in [3.8, 4) is 12.3 Å². The molecule has 0 saturated heterocycles. The Kier molecular flexibility index (Phi) is 1.72. The van der Waals surface area contributed by atoms with Gasteiger partial charge < -0.3 is 5.73 Å². The van der Waals surface area contributed by atoms with E-state index in [4.69, 9.17) is 12.2 Å². The highest BCUT2D eigenvalue weighted by molar-refractivity contribution is 5.97. The summed E-state index contributed by atoms with van der Waals surface area (Å²) in [6.07, 6.45) is 8.58. The van der Waals surface area contributed by atoms with Crippen LogP contribution in [0, 0.1) is 12.3 Å². The van der Waals surface area contributed by atoms with Crippen LogP contribution in [0.1, 0.15) is 15.9 Å². The summed E-state index contributed by atoms with van der Waals surface area (Å²) in [5.74, 6) is 1.92. The van der Waals surface area contributed by atoms with Crippen molar-refractivity contribution in [1.82, 2.24) is 9.61 Å². The molecule has 0 aliphatic carbocycles. The number of hydrogen-bond donors (Lipinski definition) is 1. The Morgan fingerprint density at radius 3 is 3.00 bits per heavy atom. The minimum atomic E-state index is -0.526. The molecule has 4 nitrogen and oxygen atoms in total. The summed E-state index contributed by atoms with van der Waals surface area (Å²) >= 11 is 0. The Morgan fingerprint density at radius 1 is 1.57 bits per heavy atom. The van der Waals surface area contributed by atoms with Crippen LogP contribution in [0.15, 0.2) is 24.5 Å². The van der Waals surface area contributed by atoms with Crippen molar-refractivity contribution in [3.63, 3.8) is 0 Å². The number of aromatic nitrogens is 2. The highest BCUT2D eigenvalue weighted by Crippen LogP contribution is 2.13. The van der Waals surface area contributed by atoms with E-state index < -0.39 is 5.91 Å². The van der Waals surface area contributed by atoms with Crippen LogP contribution in [0.25, 0.3) is 5.52 Å². The van der Waals surface area contributed by atoms with Gasteiger partial charge in [0.15, 0.2) is 0 Å². The molecule has 1 amide bonds. The van der Waals surface area contributed by atoms with Gasteiger partial charge in [-0.05, 0) is 12.1 Å². The Bertz CT molecular complexity index is 548. The number of fused-ring (bicyclic) bond motifs is 1. The third kappa shape index (κ3) is 1.04.